The maximum atomic E-state index is 12.3. The van der Waals surface area contributed by atoms with Gasteiger partial charge in [-0.05, 0) is 37.6 Å². The van der Waals surface area contributed by atoms with Crippen LogP contribution in [0.25, 0.3) is 6.08 Å². The first-order valence-electron chi connectivity index (χ1n) is 7.82. The molecule has 1 aromatic heterocycles. The minimum Gasteiger partial charge on any atom is -0.368 e. The topological polar surface area (TPSA) is 36.4 Å². The lowest BCUT2D eigenvalue weighted by atomic mass is 10.2. The van der Waals surface area contributed by atoms with E-state index in [1.165, 1.54) is 11.3 Å². The number of amides is 1. The van der Waals surface area contributed by atoms with E-state index in [-0.39, 0.29) is 5.91 Å². The summed E-state index contributed by atoms with van der Waals surface area (Å²) >= 11 is 1.60. The molecule has 1 saturated heterocycles. The number of carbonyl (C=O) groups is 1. The Labute approximate surface area is 141 Å². The summed E-state index contributed by atoms with van der Waals surface area (Å²) in [4.78, 5) is 20.9. The van der Waals surface area contributed by atoms with Crippen LogP contribution < -0.4 is 4.90 Å². The van der Waals surface area contributed by atoms with Crippen molar-refractivity contribution in [3.63, 3.8) is 0 Å². The number of nitrogens with zero attached hydrogens (tertiary/aromatic N) is 3. The van der Waals surface area contributed by atoms with Crippen LogP contribution in [0.2, 0.25) is 0 Å². The average molecular weight is 327 g/mol. The summed E-state index contributed by atoms with van der Waals surface area (Å²) in [7, 11) is 0. The van der Waals surface area contributed by atoms with Crippen molar-refractivity contribution in [3.05, 3.63) is 52.0 Å². The van der Waals surface area contributed by atoms with E-state index in [9.17, 15) is 4.79 Å². The van der Waals surface area contributed by atoms with Crippen LogP contribution in [0, 0.1) is 13.8 Å². The molecule has 1 amide bonds. The van der Waals surface area contributed by atoms with E-state index in [1.807, 2.05) is 17.2 Å². The molecule has 0 radical (unpaired) electrons. The van der Waals surface area contributed by atoms with Crippen LogP contribution >= 0.6 is 11.3 Å². The molecule has 0 N–H and O–H groups in total. The minimum atomic E-state index is 0.0690. The van der Waals surface area contributed by atoms with Gasteiger partial charge in [-0.25, -0.2) is 4.98 Å². The molecule has 1 aromatic carbocycles. The summed E-state index contributed by atoms with van der Waals surface area (Å²) in [6, 6.07) is 8.52. The molecule has 0 spiro atoms. The fourth-order valence-electron chi connectivity index (χ4n) is 2.73. The summed E-state index contributed by atoms with van der Waals surface area (Å²) in [6.07, 6.45) is 3.44. The molecule has 2 heterocycles. The summed E-state index contributed by atoms with van der Waals surface area (Å²) in [5.74, 6) is 0.0690. The number of rotatable bonds is 3. The van der Waals surface area contributed by atoms with E-state index in [4.69, 9.17) is 0 Å². The van der Waals surface area contributed by atoms with Gasteiger partial charge >= 0.3 is 0 Å². The van der Waals surface area contributed by atoms with Gasteiger partial charge in [-0.1, -0.05) is 12.1 Å². The molecule has 3 rings (SSSR count). The second kappa shape index (κ2) is 6.96. The van der Waals surface area contributed by atoms with Gasteiger partial charge in [0.25, 0.3) is 0 Å². The Morgan fingerprint density at radius 2 is 2.00 bits per heavy atom. The van der Waals surface area contributed by atoms with Crippen molar-refractivity contribution >= 4 is 29.0 Å². The molecule has 5 heteroatoms. The number of hydrogen-bond acceptors (Lipinski definition) is 4. The Bertz CT molecular complexity index is 715. The Morgan fingerprint density at radius 3 is 2.65 bits per heavy atom. The standard InChI is InChI=1S/C18H21N3OS/c1-14-4-3-5-17(12-14)20-8-10-21(11-9-20)18(22)7-6-16-13-23-15(2)19-16/h3-7,12-13H,8-11H2,1-2H3/b7-6+. The lowest BCUT2D eigenvalue weighted by Crippen LogP contribution is -2.48. The molecule has 1 aliphatic heterocycles. The number of thiazole rings is 1. The van der Waals surface area contributed by atoms with Crippen LogP contribution in [0.15, 0.2) is 35.7 Å². The van der Waals surface area contributed by atoms with Gasteiger partial charge < -0.3 is 9.80 Å². The first-order valence-corrected chi connectivity index (χ1v) is 8.70. The van der Waals surface area contributed by atoms with Gasteiger partial charge in [0.15, 0.2) is 0 Å². The van der Waals surface area contributed by atoms with Gasteiger partial charge in [0, 0.05) is 43.3 Å². The van der Waals surface area contributed by atoms with Gasteiger partial charge in [-0.15, -0.1) is 11.3 Å². The summed E-state index contributed by atoms with van der Waals surface area (Å²) in [5.41, 5.74) is 3.37. The van der Waals surface area contributed by atoms with Gasteiger partial charge in [0.05, 0.1) is 10.7 Å². The van der Waals surface area contributed by atoms with Crippen molar-refractivity contribution in [2.75, 3.05) is 31.1 Å². The van der Waals surface area contributed by atoms with Crippen molar-refractivity contribution in [3.8, 4) is 0 Å². The average Bonchev–Trinajstić information content (AvgIpc) is 2.98. The molecule has 0 atom stereocenters. The van der Waals surface area contributed by atoms with Crippen molar-refractivity contribution in [1.82, 2.24) is 9.88 Å². The van der Waals surface area contributed by atoms with E-state index in [2.05, 4.69) is 41.1 Å². The lowest BCUT2D eigenvalue weighted by molar-refractivity contribution is -0.126. The zero-order valence-electron chi connectivity index (χ0n) is 13.5. The van der Waals surface area contributed by atoms with Crippen molar-refractivity contribution in [1.29, 1.82) is 0 Å². The number of aryl methyl sites for hydroxylation is 2. The number of carbonyl (C=O) groups excluding carboxylic acids is 1. The van der Waals surface area contributed by atoms with Gasteiger partial charge in [-0.2, -0.15) is 0 Å². The SMILES string of the molecule is Cc1cccc(N2CCN(C(=O)/C=C/c3csc(C)n3)CC2)c1. The highest BCUT2D eigenvalue weighted by Crippen LogP contribution is 2.18. The highest BCUT2D eigenvalue weighted by molar-refractivity contribution is 7.09. The molecular formula is C18H21N3OS. The van der Waals surface area contributed by atoms with Crippen LogP contribution in [0.4, 0.5) is 5.69 Å². The number of anilines is 1. The minimum absolute atomic E-state index is 0.0690. The first kappa shape index (κ1) is 15.7. The van der Waals surface area contributed by atoms with E-state index in [0.29, 0.717) is 0 Å². The maximum absolute atomic E-state index is 12.3. The first-order chi connectivity index (χ1) is 11.1. The second-order valence-corrected chi connectivity index (χ2v) is 6.84. The smallest absolute Gasteiger partial charge is 0.246 e. The van der Waals surface area contributed by atoms with Crippen LogP contribution in [-0.4, -0.2) is 42.0 Å². The van der Waals surface area contributed by atoms with Crippen LogP contribution in [-0.2, 0) is 4.79 Å². The molecule has 120 valence electrons. The Morgan fingerprint density at radius 1 is 1.22 bits per heavy atom. The molecule has 1 fully saturated rings. The quantitative estimate of drug-likeness (QED) is 0.813. The van der Waals surface area contributed by atoms with Gasteiger partial charge in [-0.3, -0.25) is 4.79 Å². The van der Waals surface area contributed by atoms with E-state index in [0.717, 1.165) is 36.9 Å². The van der Waals surface area contributed by atoms with Crippen LogP contribution in [0.3, 0.4) is 0 Å². The highest BCUT2D eigenvalue weighted by atomic mass is 32.1. The largest absolute Gasteiger partial charge is 0.368 e. The number of benzene rings is 1. The fourth-order valence-corrected chi connectivity index (χ4v) is 3.31. The van der Waals surface area contributed by atoms with Crippen LogP contribution in [0.5, 0.6) is 0 Å². The molecule has 2 aromatic rings. The summed E-state index contributed by atoms with van der Waals surface area (Å²) < 4.78 is 0. The molecule has 1 aliphatic rings. The normalized spacial score (nSPS) is 15.4. The predicted molar refractivity (Wildman–Crippen MR) is 95.9 cm³/mol. The summed E-state index contributed by atoms with van der Waals surface area (Å²) in [6.45, 7) is 7.33. The Kier molecular flexibility index (Phi) is 4.76. The lowest BCUT2D eigenvalue weighted by Gasteiger charge is -2.35. The second-order valence-electron chi connectivity index (χ2n) is 5.78. The van der Waals surface area contributed by atoms with Gasteiger partial charge in [0.2, 0.25) is 5.91 Å². The van der Waals surface area contributed by atoms with Crippen molar-refractivity contribution in [2.45, 2.75) is 13.8 Å². The third kappa shape index (κ3) is 3.99. The predicted octanol–water partition coefficient (Wildman–Crippen LogP) is 3.12. The van der Waals surface area contributed by atoms with E-state index in [1.54, 1.807) is 23.5 Å². The zero-order valence-corrected chi connectivity index (χ0v) is 14.3. The Hall–Kier alpha value is -2.14. The highest BCUT2D eigenvalue weighted by Gasteiger charge is 2.19. The van der Waals surface area contributed by atoms with Crippen molar-refractivity contribution < 1.29 is 4.79 Å². The number of aromatic nitrogens is 1. The molecule has 0 unspecified atom stereocenters. The third-order valence-corrected chi connectivity index (χ3v) is 4.78. The molecule has 23 heavy (non-hydrogen) atoms. The maximum Gasteiger partial charge on any atom is 0.246 e. The Balaban J connectivity index is 1.56. The molecule has 0 aliphatic carbocycles. The van der Waals surface area contributed by atoms with Crippen molar-refractivity contribution in [2.24, 2.45) is 0 Å². The van der Waals surface area contributed by atoms with E-state index < -0.39 is 0 Å². The number of hydrogen-bond donors (Lipinski definition) is 0. The molecule has 4 nitrogen and oxygen atoms in total. The van der Waals surface area contributed by atoms with E-state index >= 15 is 0 Å². The number of piperazine rings is 1. The summed E-state index contributed by atoms with van der Waals surface area (Å²) in [5, 5.41) is 2.98. The van der Waals surface area contributed by atoms with Crippen LogP contribution in [0.1, 0.15) is 16.3 Å². The fraction of sp³-hybridized carbons (Fsp3) is 0.333. The zero-order chi connectivity index (χ0) is 16.2. The monoisotopic (exact) mass is 327 g/mol. The van der Waals surface area contributed by atoms with Gasteiger partial charge in [0.1, 0.15) is 0 Å². The molecule has 0 saturated carbocycles. The third-order valence-electron chi connectivity index (χ3n) is 3.99. The molecule has 0 bridgehead atoms. The molecular weight excluding hydrogens is 306 g/mol.